The number of anilines is 1. The highest BCUT2D eigenvalue weighted by Gasteiger charge is 2.34. The summed E-state index contributed by atoms with van der Waals surface area (Å²) >= 11 is 0. The summed E-state index contributed by atoms with van der Waals surface area (Å²) in [5.74, 6) is -1.24. The van der Waals surface area contributed by atoms with Crippen molar-refractivity contribution in [3.8, 4) is 0 Å². The van der Waals surface area contributed by atoms with Crippen LogP contribution in [0.4, 0.5) is 10.1 Å². The van der Waals surface area contributed by atoms with Gasteiger partial charge in [-0.3, -0.25) is 13.9 Å². The second-order valence-corrected chi connectivity index (χ2v) is 12.8. The Morgan fingerprint density at radius 1 is 0.952 bits per heavy atom. The molecule has 1 fully saturated rings. The average molecular weight is 594 g/mol. The van der Waals surface area contributed by atoms with Crippen LogP contribution in [0.15, 0.2) is 77.7 Å². The van der Waals surface area contributed by atoms with Crippen molar-refractivity contribution in [2.45, 2.75) is 82.8 Å². The van der Waals surface area contributed by atoms with Crippen molar-refractivity contribution in [1.29, 1.82) is 0 Å². The first-order chi connectivity index (χ1) is 20.1. The van der Waals surface area contributed by atoms with E-state index >= 15 is 0 Å². The maximum Gasteiger partial charge on any atom is 0.264 e. The lowest BCUT2D eigenvalue weighted by atomic mass is 9.95. The number of rotatable bonds is 11. The van der Waals surface area contributed by atoms with Gasteiger partial charge >= 0.3 is 0 Å². The summed E-state index contributed by atoms with van der Waals surface area (Å²) in [6.45, 7) is 4.97. The quantitative estimate of drug-likeness (QED) is 0.306. The van der Waals surface area contributed by atoms with Crippen molar-refractivity contribution in [1.82, 2.24) is 10.2 Å². The standard InChI is InChI=1S/C33H40FN3O4S/c1-4-27-10-8-9-13-31(27)37(42(40,41)30-20-14-24(2)15-21-30)23-32(38)36(22-26-16-18-28(34)19-17-26)25(3)33(39)35-29-11-6-5-7-12-29/h8-10,13-21,25,29H,4-7,11-12,22-23H2,1-3H3,(H,35,39). The van der Waals surface area contributed by atoms with Gasteiger partial charge in [-0.15, -0.1) is 0 Å². The molecule has 1 saturated carbocycles. The number of hydrogen-bond acceptors (Lipinski definition) is 4. The third-order valence-electron chi connectivity index (χ3n) is 7.91. The predicted octanol–water partition coefficient (Wildman–Crippen LogP) is 5.76. The lowest BCUT2D eigenvalue weighted by Crippen LogP contribution is -2.53. The van der Waals surface area contributed by atoms with Crippen molar-refractivity contribution in [3.63, 3.8) is 0 Å². The molecule has 0 saturated heterocycles. The maximum atomic E-state index is 14.1. The first-order valence-electron chi connectivity index (χ1n) is 14.6. The highest BCUT2D eigenvalue weighted by atomic mass is 32.2. The van der Waals surface area contributed by atoms with Crippen molar-refractivity contribution in [2.75, 3.05) is 10.8 Å². The van der Waals surface area contributed by atoms with Crippen LogP contribution in [0.5, 0.6) is 0 Å². The number of hydrogen-bond donors (Lipinski definition) is 1. The molecule has 0 aromatic heterocycles. The van der Waals surface area contributed by atoms with Gasteiger partial charge in [0.25, 0.3) is 10.0 Å². The van der Waals surface area contributed by atoms with Gasteiger partial charge in [0.2, 0.25) is 11.8 Å². The summed E-state index contributed by atoms with van der Waals surface area (Å²) in [7, 11) is -4.14. The van der Waals surface area contributed by atoms with Crippen LogP contribution < -0.4 is 9.62 Å². The number of amides is 2. The lowest BCUT2D eigenvalue weighted by Gasteiger charge is -2.33. The lowest BCUT2D eigenvalue weighted by molar-refractivity contribution is -0.139. The van der Waals surface area contributed by atoms with E-state index in [9.17, 15) is 22.4 Å². The topological polar surface area (TPSA) is 86.8 Å². The van der Waals surface area contributed by atoms with Crippen molar-refractivity contribution in [2.24, 2.45) is 0 Å². The number of halogens is 1. The molecule has 1 N–H and O–H groups in total. The van der Waals surface area contributed by atoms with Gasteiger partial charge in [0.05, 0.1) is 10.6 Å². The van der Waals surface area contributed by atoms with E-state index in [-0.39, 0.29) is 23.4 Å². The van der Waals surface area contributed by atoms with Crippen LogP contribution >= 0.6 is 0 Å². The molecule has 3 aromatic carbocycles. The minimum atomic E-state index is -4.14. The fourth-order valence-electron chi connectivity index (χ4n) is 5.34. The van der Waals surface area contributed by atoms with Crippen molar-refractivity contribution < 1.29 is 22.4 Å². The van der Waals surface area contributed by atoms with Crippen LogP contribution in [0.25, 0.3) is 0 Å². The molecule has 224 valence electrons. The molecule has 1 aliphatic carbocycles. The highest BCUT2D eigenvalue weighted by molar-refractivity contribution is 7.92. The van der Waals surface area contributed by atoms with Gasteiger partial charge in [-0.25, -0.2) is 12.8 Å². The smallest absolute Gasteiger partial charge is 0.264 e. The SMILES string of the molecule is CCc1ccccc1N(CC(=O)N(Cc1ccc(F)cc1)C(C)C(=O)NC1CCCCC1)S(=O)(=O)c1ccc(C)cc1. The number of carbonyl (C=O) groups is 2. The van der Waals surface area contributed by atoms with Gasteiger partial charge in [0.1, 0.15) is 18.4 Å². The first-order valence-corrected chi connectivity index (χ1v) is 16.1. The Morgan fingerprint density at radius 3 is 2.24 bits per heavy atom. The highest BCUT2D eigenvalue weighted by Crippen LogP contribution is 2.28. The molecule has 2 amide bonds. The third kappa shape index (κ3) is 7.56. The molecule has 42 heavy (non-hydrogen) atoms. The molecule has 9 heteroatoms. The van der Waals surface area contributed by atoms with Crippen LogP contribution in [-0.4, -0.2) is 43.8 Å². The molecule has 0 spiro atoms. The van der Waals surface area contributed by atoms with Gasteiger partial charge in [0.15, 0.2) is 0 Å². The zero-order chi connectivity index (χ0) is 30.3. The van der Waals surface area contributed by atoms with Crippen LogP contribution in [0.2, 0.25) is 0 Å². The fraction of sp³-hybridized carbons (Fsp3) is 0.394. The molecular weight excluding hydrogens is 553 g/mol. The van der Waals surface area contributed by atoms with E-state index in [0.717, 1.165) is 47.5 Å². The van der Waals surface area contributed by atoms with Crippen LogP contribution in [0.3, 0.4) is 0 Å². The van der Waals surface area contributed by atoms with Gasteiger partial charge in [-0.05, 0) is 74.6 Å². The normalized spacial score (nSPS) is 14.7. The Hall–Kier alpha value is -3.72. The van der Waals surface area contributed by atoms with E-state index in [1.54, 1.807) is 43.3 Å². The van der Waals surface area contributed by atoms with E-state index < -0.39 is 34.3 Å². The summed E-state index contributed by atoms with van der Waals surface area (Å²) in [4.78, 5) is 29.0. The van der Waals surface area contributed by atoms with Crippen LogP contribution in [0.1, 0.15) is 62.6 Å². The summed E-state index contributed by atoms with van der Waals surface area (Å²) in [6.07, 6.45) is 5.56. The van der Waals surface area contributed by atoms with Crippen LogP contribution in [0, 0.1) is 12.7 Å². The van der Waals surface area contributed by atoms with E-state index in [0.29, 0.717) is 17.7 Å². The Bertz CT molecular complexity index is 1470. The van der Waals surface area contributed by atoms with Crippen molar-refractivity contribution >= 4 is 27.5 Å². The number of carbonyl (C=O) groups excluding carboxylic acids is 2. The summed E-state index contributed by atoms with van der Waals surface area (Å²) in [5, 5.41) is 3.09. The largest absolute Gasteiger partial charge is 0.352 e. The van der Waals surface area contributed by atoms with E-state index in [1.165, 1.54) is 29.2 Å². The molecule has 3 aromatic rings. The first kappa shape index (κ1) is 31.2. The average Bonchev–Trinajstić information content (AvgIpc) is 2.99. The molecule has 0 bridgehead atoms. The summed E-state index contributed by atoms with van der Waals surface area (Å²) in [6, 6.07) is 18.5. The molecule has 1 atom stereocenters. The minimum absolute atomic E-state index is 0.0201. The fourth-order valence-corrected chi connectivity index (χ4v) is 6.79. The molecule has 4 rings (SSSR count). The molecule has 1 aliphatic rings. The monoisotopic (exact) mass is 593 g/mol. The summed E-state index contributed by atoms with van der Waals surface area (Å²) < 4.78 is 42.9. The van der Waals surface area contributed by atoms with E-state index in [2.05, 4.69) is 5.32 Å². The van der Waals surface area contributed by atoms with Gasteiger partial charge in [-0.1, -0.05) is 74.2 Å². The van der Waals surface area contributed by atoms with Gasteiger partial charge < -0.3 is 10.2 Å². The second-order valence-electron chi connectivity index (χ2n) is 11.0. The molecule has 0 heterocycles. The summed E-state index contributed by atoms with van der Waals surface area (Å²) in [5.41, 5.74) is 2.72. The Morgan fingerprint density at radius 2 is 1.60 bits per heavy atom. The van der Waals surface area contributed by atoms with E-state index in [1.807, 2.05) is 26.0 Å². The molecule has 7 nitrogen and oxygen atoms in total. The number of para-hydroxylation sites is 1. The number of aryl methyl sites for hydroxylation is 2. The molecule has 0 aliphatic heterocycles. The second kappa shape index (κ2) is 14.0. The Kier molecular flexibility index (Phi) is 10.4. The third-order valence-corrected chi connectivity index (χ3v) is 9.69. The maximum absolute atomic E-state index is 14.1. The predicted molar refractivity (Wildman–Crippen MR) is 163 cm³/mol. The number of sulfonamides is 1. The van der Waals surface area contributed by atoms with Gasteiger partial charge in [0, 0.05) is 12.6 Å². The number of benzene rings is 3. The minimum Gasteiger partial charge on any atom is -0.352 e. The Labute approximate surface area is 248 Å². The molecule has 1 unspecified atom stereocenters. The molecule has 0 radical (unpaired) electrons. The zero-order valence-corrected chi connectivity index (χ0v) is 25.4. The Balaban J connectivity index is 1.70. The number of nitrogens with one attached hydrogen (secondary N) is 1. The van der Waals surface area contributed by atoms with Crippen LogP contribution in [-0.2, 0) is 32.6 Å². The molecular formula is C33H40FN3O4S. The van der Waals surface area contributed by atoms with Crippen molar-refractivity contribution in [3.05, 3.63) is 95.3 Å². The zero-order valence-electron chi connectivity index (χ0n) is 24.6. The number of nitrogens with zero attached hydrogens (tertiary/aromatic N) is 2. The van der Waals surface area contributed by atoms with E-state index in [4.69, 9.17) is 0 Å². The van der Waals surface area contributed by atoms with Gasteiger partial charge in [-0.2, -0.15) is 0 Å².